The molecular formula is C27H33N5O2S. The Hall–Kier alpha value is -3.26. The maximum atomic E-state index is 13.6. The molecule has 0 radical (unpaired) electrons. The van der Waals surface area contributed by atoms with E-state index in [4.69, 9.17) is 14.8 Å². The number of nitrogens with zero attached hydrogens (tertiary/aromatic N) is 3. The number of amides is 1. The lowest BCUT2D eigenvalue weighted by molar-refractivity contribution is -0.113. The van der Waals surface area contributed by atoms with Gasteiger partial charge in [-0.3, -0.25) is 4.79 Å². The Labute approximate surface area is 211 Å². The minimum Gasteiger partial charge on any atom is -0.493 e. The van der Waals surface area contributed by atoms with Crippen LogP contribution >= 0.6 is 11.8 Å². The Morgan fingerprint density at radius 3 is 2.60 bits per heavy atom. The molecule has 184 valence electrons. The van der Waals surface area contributed by atoms with Crippen LogP contribution in [0.25, 0.3) is 0 Å². The number of para-hydroxylation sites is 2. The van der Waals surface area contributed by atoms with Crippen molar-refractivity contribution in [2.75, 3.05) is 23.0 Å². The highest BCUT2D eigenvalue weighted by atomic mass is 32.2. The molecular weight excluding hydrogens is 458 g/mol. The number of fused-ring (bicyclic) bond motifs is 1. The number of rotatable bonds is 11. The van der Waals surface area contributed by atoms with Crippen molar-refractivity contribution in [3.05, 3.63) is 71.4 Å². The number of benzene rings is 2. The largest absolute Gasteiger partial charge is 0.493 e. The summed E-state index contributed by atoms with van der Waals surface area (Å²) < 4.78 is 7.99. The van der Waals surface area contributed by atoms with E-state index in [-0.39, 0.29) is 5.91 Å². The summed E-state index contributed by atoms with van der Waals surface area (Å²) in [6, 6.07) is 16.9. The van der Waals surface area contributed by atoms with Gasteiger partial charge in [-0.2, -0.15) is 4.98 Å². The van der Waals surface area contributed by atoms with Gasteiger partial charge in [0.05, 0.1) is 12.2 Å². The zero-order valence-electron chi connectivity index (χ0n) is 20.6. The van der Waals surface area contributed by atoms with Crippen LogP contribution in [0.4, 0.5) is 11.6 Å². The topological polar surface area (TPSA) is 81.1 Å². The van der Waals surface area contributed by atoms with Gasteiger partial charge >= 0.3 is 0 Å². The number of carbonyl (C=O) groups excluding carboxylic acids is 1. The molecule has 2 heterocycles. The van der Waals surface area contributed by atoms with Gasteiger partial charge < -0.3 is 15.4 Å². The van der Waals surface area contributed by atoms with E-state index >= 15 is 0 Å². The number of ether oxygens (including phenoxy) is 1. The third-order valence-corrected chi connectivity index (χ3v) is 6.73. The van der Waals surface area contributed by atoms with Gasteiger partial charge in [0, 0.05) is 22.7 Å². The van der Waals surface area contributed by atoms with Gasteiger partial charge in [-0.25, -0.2) is 4.68 Å². The average molecular weight is 492 g/mol. The van der Waals surface area contributed by atoms with E-state index in [2.05, 4.69) is 24.5 Å². The van der Waals surface area contributed by atoms with E-state index in [1.165, 1.54) is 0 Å². The number of carbonyl (C=O) groups is 1. The first-order valence-corrected chi connectivity index (χ1v) is 13.3. The summed E-state index contributed by atoms with van der Waals surface area (Å²) in [6.45, 7) is 6.84. The average Bonchev–Trinajstić information content (AvgIpc) is 3.26. The molecule has 1 aromatic heterocycles. The number of hydrogen-bond acceptors (Lipinski definition) is 6. The number of aromatic nitrogens is 3. The molecule has 1 aliphatic heterocycles. The molecule has 7 nitrogen and oxygen atoms in total. The normalized spacial score (nSPS) is 14.9. The minimum atomic E-state index is -0.471. The number of thioether (sulfide) groups is 1. The van der Waals surface area contributed by atoms with Crippen LogP contribution in [0.15, 0.2) is 71.0 Å². The molecule has 0 saturated carbocycles. The first-order chi connectivity index (χ1) is 17.1. The van der Waals surface area contributed by atoms with Crippen LogP contribution in [-0.2, 0) is 4.79 Å². The zero-order chi connectivity index (χ0) is 24.6. The molecule has 3 aromatic rings. The van der Waals surface area contributed by atoms with Crippen molar-refractivity contribution in [2.24, 2.45) is 0 Å². The number of hydrogen-bond donors (Lipinski definition) is 2. The Kier molecular flexibility index (Phi) is 8.47. The standard InChI is InChI=1S/C27H33N5O2S/c1-4-6-17-34-22-16-12-11-15-21(22)24-23(25(33)29-20-13-9-8-10-14-20)19(3)28-26-30-27(31-32(24)26)35-18-7-5-2/h8-16,24H,4-7,17-18H2,1-3H3,(H,29,33)(H,28,30,31). The lowest BCUT2D eigenvalue weighted by Crippen LogP contribution is -2.31. The molecule has 1 aliphatic rings. The van der Waals surface area contributed by atoms with Gasteiger partial charge in [-0.05, 0) is 38.0 Å². The van der Waals surface area contributed by atoms with Crippen molar-refractivity contribution in [1.82, 2.24) is 14.8 Å². The molecule has 1 unspecified atom stereocenters. The molecule has 1 amide bonds. The van der Waals surface area contributed by atoms with Crippen LogP contribution in [0, 0.1) is 0 Å². The van der Waals surface area contributed by atoms with Crippen molar-refractivity contribution >= 4 is 29.3 Å². The third-order valence-electron chi connectivity index (χ3n) is 5.81. The minimum absolute atomic E-state index is 0.184. The van der Waals surface area contributed by atoms with Gasteiger partial charge in [0.2, 0.25) is 11.1 Å². The second kappa shape index (κ2) is 11.9. The molecule has 4 rings (SSSR count). The fourth-order valence-corrected chi connectivity index (χ4v) is 4.88. The highest BCUT2D eigenvalue weighted by molar-refractivity contribution is 7.99. The first-order valence-electron chi connectivity index (χ1n) is 12.3. The Balaban J connectivity index is 1.75. The second-order valence-corrected chi connectivity index (χ2v) is 9.55. The van der Waals surface area contributed by atoms with E-state index in [0.717, 1.165) is 54.1 Å². The van der Waals surface area contributed by atoms with Crippen molar-refractivity contribution in [3.8, 4) is 5.75 Å². The van der Waals surface area contributed by atoms with E-state index in [1.54, 1.807) is 11.8 Å². The summed E-state index contributed by atoms with van der Waals surface area (Å²) in [7, 11) is 0. The van der Waals surface area contributed by atoms with Crippen molar-refractivity contribution in [2.45, 2.75) is 57.7 Å². The van der Waals surface area contributed by atoms with Crippen LogP contribution in [0.2, 0.25) is 0 Å². The van der Waals surface area contributed by atoms with Gasteiger partial charge in [-0.15, -0.1) is 5.10 Å². The molecule has 2 aromatic carbocycles. The van der Waals surface area contributed by atoms with Crippen LogP contribution in [0.3, 0.4) is 0 Å². The zero-order valence-corrected chi connectivity index (χ0v) is 21.4. The van der Waals surface area contributed by atoms with Crippen LogP contribution in [0.5, 0.6) is 5.75 Å². The number of allylic oxidation sites excluding steroid dienone is 1. The van der Waals surface area contributed by atoms with E-state index in [9.17, 15) is 4.79 Å². The fourth-order valence-electron chi connectivity index (χ4n) is 3.97. The van der Waals surface area contributed by atoms with Crippen LogP contribution in [-0.4, -0.2) is 33.0 Å². The van der Waals surface area contributed by atoms with Crippen molar-refractivity contribution in [3.63, 3.8) is 0 Å². The molecule has 0 saturated heterocycles. The van der Waals surface area contributed by atoms with Crippen LogP contribution in [0.1, 0.15) is 58.1 Å². The summed E-state index contributed by atoms with van der Waals surface area (Å²) >= 11 is 1.64. The monoisotopic (exact) mass is 491 g/mol. The third kappa shape index (κ3) is 5.88. The number of nitrogens with one attached hydrogen (secondary N) is 2. The predicted molar refractivity (Wildman–Crippen MR) is 142 cm³/mol. The van der Waals surface area contributed by atoms with Gasteiger partial charge in [0.15, 0.2) is 0 Å². The number of unbranched alkanes of at least 4 members (excludes halogenated alkanes) is 2. The number of anilines is 2. The lowest BCUT2D eigenvalue weighted by Gasteiger charge is -2.29. The Morgan fingerprint density at radius 2 is 1.83 bits per heavy atom. The quantitative estimate of drug-likeness (QED) is 0.243. The lowest BCUT2D eigenvalue weighted by atomic mass is 9.94. The van der Waals surface area contributed by atoms with Crippen molar-refractivity contribution < 1.29 is 9.53 Å². The molecule has 35 heavy (non-hydrogen) atoms. The van der Waals surface area contributed by atoms with Crippen molar-refractivity contribution in [1.29, 1.82) is 0 Å². The Bertz CT molecular complexity index is 1180. The summed E-state index contributed by atoms with van der Waals surface area (Å²) in [4.78, 5) is 18.4. The maximum absolute atomic E-state index is 13.6. The molecule has 8 heteroatoms. The molecule has 0 aliphatic carbocycles. The van der Waals surface area contributed by atoms with E-state index in [0.29, 0.717) is 23.3 Å². The van der Waals surface area contributed by atoms with Gasteiger partial charge in [0.25, 0.3) is 5.91 Å². The molecule has 2 N–H and O–H groups in total. The van der Waals surface area contributed by atoms with Gasteiger partial charge in [-0.1, -0.05) is 74.8 Å². The van der Waals surface area contributed by atoms with E-state index < -0.39 is 6.04 Å². The molecule has 0 spiro atoms. The van der Waals surface area contributed by atoms with Crippen LogP contribution < -0.4 is 15.4 Å². The molecule has 0 fully saturated rings. The second-order valence-electron chi connectivity index (χ2n) is 8.49. The summed E-state index contributed by atoms with van der Waals surface area (Å²) in [5, 5.41) is 11.9. The predicted octanol–water partition coefficient (Wildman–Crippen LogP) is 6.28. The Morgan fingerprint density at radius 1 is 1.09 bits per heavy atom. The first kappa shape index (κ1) is 24.9. The highest BCUT2D eigenvalue weighted by Crippen LogP contribution is 2.40. The van der Waals surface area contributed by atoms with E-state index in [1.807, 2.05) is 66.2 Å². The maximum Gasteiger partial charge on any atom is 0.255 e. The summed E-state index contributed by atoms with van der Waals surface area (Å²) in [6.07, 6.45) is 4.23. The fraction of sp³-hybridized carbons (Fsp3) is 0.370. The molecule has 1 atom stereocenters. The van der Waals surface area contributed by atoms with Gasteiger partial charge in [0.1, 0.15) is 11.8 Å². The summed E-state index contributed by atoms with van der Waals surface area (Å²) in [5.74, 6) is 2.16. The summed E-state index contributed by atoms with van der Waals surface area (Å²) in [5.41, 5.74) is 2.96. The molecule has 0 bridgehead atoms. The highest BCUT2D eigenvalue weighted by Gasteiger charge is 2.36. The SMILES string of the molecule is CCCCOc1ccccc1C1C(C(=O)Nc2ccccc2)=C(C)Nc2nc(SCCCC)nn21. The smallest absolute Gasteiger partial charge is 0.255 e.